The minimum Gasteiger partial charge on any atom is -0.367 e. The van der Waals surface area contributed by atoms with Crippen LogP contribution in [-0.4, -0.2) is 15.8 Å². The molecular weight excluding hydrogens is 246 g/mol. The van der Waals surface area contributed by atoms with Crippen molar-refractivity contribution < 1.29 is 9.72 Å². The molecule has 2 aromatic rings. The predicted octanol–water partition coefficient (Wildman–Crippen LogP) is 2.16. The van der Waals surface area contributed by atoms with Crippen molar-refractivity contribution in [2.75, 3.05) is 0 Å². The molecule has 19 heavy (non-hydrogen) atoms. The number of nitro groups is 1. The number of aromatic nitrogens is 1. The number of hydrogen-bond donors (Lipinski definition) is 2. The Labute approximate surface area is 109 Å². The maximum atomic E-state index is 12.0. The van der Waals surface area contributed by atoms with Gasteiger partial charge in [0, 0.05) is 36.6 Å². The number of nitrogens with zero attached hydrogens (tertiary/aromatic N) is 1. The zero-order valence-corrected chi connectivity index (χ0v) is 10.3. The normalized spacial score (nSPS) is 10.2. The van der Waals surface area contributed by atoms with Crippen LogP contribution in [0.4, 0.5) is 5.69 Å². The zero-order valence-electron chi connectivity index (χ0n) is 10.3. The smallest absolute Gasteiger partial charge is 0.270 e. The van der Waals surface area contributed by atoms with Crippen molar-refractivity contribution >= 4 is 11.6 Å². The van der Waals surface area contributed by atoms with E-state index in [0.29, 0.717) is 17.7 Å². The molecule has 1 aromatic carbocycles. The minimum absolute atomic E-state index is 0.0857. The van der Waals surface area contributed by atoms with Crippen LogP contribution in [0.1, 0.15) is 21.5 Å². The Bertz CT molecular complexity index is 606. The van der Waals surface area contributed by atoms with Crippen LogP contribution >= 0.6 is 0 Å². The summed E-state index contributed by atoms with van der Waals surface area (Å²) in [7, 11) is 0. The number of aromatic amines is 1. The third-order valence-corrected chi connectivity index (χ3v) is 2.79. The first-order valence-electron chi connectivity index (χ1n) is 5.73. The Morgan fingerprint density at radius 1 is 1.42 bits per heavy atom. The lowest BCUT2D eigenvalue weighted by Gasteiger charge is -2.06. The van der Waals surface area contributed by atoms with Crippen LogP contribution in [0.25, 0.3) is 0 Å². The summed E-state index contributed by atoms with van der Waals surface area (Å²) in [4.78, 5) is 25.1. The van der Waals surface area contributed by atoms with Crippen molar-refractivity contribution in [1.29, 1.82) is 0 Å². The van der Waals surface area contributed by atoms with E-state index in [1.54, 1.807) is 25.4 Å². The number of benzene rings is 1. The van der Waals surface area contributed by atoms with Crippen LogP contribution in [-0.2, 0) is 6.54 Å². The number of carbonyl (C=O) groups is 1. The van der Waals surface area contributed by atoms with E-state index in [1.165, 1.54) is 12.1 Å². The number of carbonyl (C=O) groups excluding carboxylic acids is 1. The number of aryl methyl sites for hydroxylation is 1. The van der Waals surface area contributed by atoms with Gasteiger partial charge in [0.25, 0.3) is 11.6 Å². The first-order chi connectivity index (χ1) is 9.08. The van der Waals surface area contributed by atoms with Gasteiger partial charge in [-0.15, -0.1) is 0 Å². The number of hydrogen-bond acceptors (Lipinski definition) is 3. The van der Waals surface area contributed by atoms with E-state index in [2.05, 4.69) is 10.3 Å². The lowest BCUT2D eigenvalue weighted by molar-refractivity contribution is -0.384. The molecule has 2 N–H and O–H groups in total. The first-order valence-corrected chi connectivity index (χ1v) is 5.73. The number of non-ortho nitro benzene ring substituents is 1. The second-order valence-corrected chi connectivity index (χ2v) is 4.16. The highest BCUT2D eigenvalue weighted by molar-refractivity contribution is 5.96. The zero-order chi connectivity index (χ0) is 13.8. The van der Waals surface area contributed by atoms with E-state index in [4.69, 9.17) is 0 Å². The highest BCUT2D eigenvalue weighted by atomic mass is 16.6. The molecule has 0 saturated heterocycles. The summed E-state index contributed by atoms with van der Waals surface area (Å²) >= 11 is 0. The van der Waals surface area contributed by atoms with Crippen molar-refractivity contribution in [3.63, 3.8) is 0 Å². The molecule has 0 atom stereocenters. The van der Waals surface area contributed by atoms with E-state index in [0.717, 1.165) is 5.56 Å². The molecule has 6 nitrogen and oxygen atoms in total. The molecule has 0 aliphatic rings. The molecule has 0 unspecified atom stereocenters. The summed E-state index contributed by atoms with van der Waals surface area (Å²) in [5.41, 5.74) is 1.88. The molecule has 2 rings (SSSR count). The molecule has 0 aliphatic carbocycles. The predicted molar refractivity (Wildman–Crippen MR) is 69.8 cm³/mol. The third kappa shape index (κ3) is 2.98. The van der Waals surface area contributed by atoms with E-state index in [9.17, 15) is 14.9 Å². The minimum atomic E-state index is -0.512. The van der Waals surface area contributed by atoms with Gasteiger partial charge >= 0.3 is 0 Å². The molecule has 0 aliphatic heterocycles. The fraction of sp³-hybridized carbons (Fsp3) is 0.154. The molecule has 1 amide bonds. The average molecular weight is 259 g/mol. The van der Waals surface area contributed by atoms with Crippen molar-refractivity contribution in [2.24, 2.45) is 0 Å². The van der Waals surface area contributed by atoms with Gasteiger partial charge in [0.15, 0.2) is 0 Å². The van der Waals surface area contributed by atoms with E-state index >= 15 is 0 Å². The molecular formula is C13H13N3O3. The Hall–Kier alpha value is -2.63. The van der Waals surface area contributed by atoms with Crippen molar-refractivity contribution in [3.8, 4) is 0 Å². The van der Waals surface area contributed by atoms with Gasteiger partial charge in [-0.1, -0.05) is 6.07 Å². The lowest BCUT2D eigenvalue weighted by atomic mass is 10.1. The number of rotatable bonds is 4. The molecule has 0 saturated carbocycles. The molecule has 1 heterocycles. The van der Waals surface area contributed by atoms with E-state index in [-0.39, 0.29) is 11.6 Å². The quantitative estimate of drug-likeness (QED) is 0.651. The van der Waals surface area contributed by atoms with Crippen LogP contribution in [0.3, 0.4) is 0 Å². The third-order valence-electron chi connectivity index (χ3n) is 2.79. The Balaban J connectivity index is 2.14. The van der Waals surface area contributed by atoms with Crippen LogP contribution in [0, 0.1) is 17.0 Å². The lowest BCUT2D eigenvalue weighted by Crippen LogP contribution is -2.23. The van der Waals surface area contributed by atoms with Crippen LogP contribution < -0.4 is 5.32 Å². The first kappa shape index (κ1) is 12.8. The monoisotopic (exact) mass is 259 g/mol. The summed E-state index contributed by atoms with van der Waals surface area (Å²) < 4.78 is 0. The SMILES string of the molecule is Cc1ccc([N+](=O)[O-])cc1C(=O)NCc1cc[nH]c1. The molecule has 6 heteroatoms. The van der Waals surface area contributed by atoms with Gasteiger partial charge in [-0.3, -0.25) is 14.9 Å². The second kappa shape index (κ2) is 5.34. The second-order valence-electron chi connectivity index (χ2n) is 4.16. The molecule has 98 valence electrons. The molecule has 0 radical (unpaired) electrons. The number of H-pyrrole nitrogens is 1. The number of nitro benzene ring substituents is 1. The number of amides is 1. The van der Waals surface area contributed by atoms with Gasteiger partial charge in [0.1, 0.15) is 0 Å². The average Bonchev–Trinajstić information content (AvgIpc) is 2.89. The van der Waals surface area contributed by atoms with Gasteiger partial charge < -0.3 is 10.3 Å². The van der Waals surface area contributed by atoms with Crippen LogP contribution in [0.5, 0.6) is 0 Å². The fourth-order valence-corrected chi connectivity index (χ4v) is 1.71. The van der Waals surface area contributed by atoms with Gasteiger partial charge in [0.05, 0.1) is 4.92 Å². The maximum Gasteiger partial charge on any atom is 0.270 e. The summed E-state index contributed by atoms with van der Waals surface area (Å²) in [6.45, 7) is 2.12. The number of nitrogens with one attached hydrogen (secondary N) is 2. The summed E-state index contributed by atoms with van der Waals surface area (Å²) in [6.07, 6.45) is 3.54. The molecule has 0 bridgehead atoms. The Kier molecular flexibility index (Phi) is 3.61. The van der Waals surface area contributed by atoms with Crippen molar-refractivity contribution in [2.45, 2.75) is 13.5 Å². The standard InChI is InChI=1S/C13H13N3O3/c1-9-2-3-11(16(18)19)6-12(9)13(17)15-8-10-4-5-14-7-10/h2-7,14H,8H2,1H3,(H,15,17). The van der Waals surface area contributed by atoms with Crippen molar-refractivity contribution in [1.82, 2.24) is 10.3 Å². The summed E-state index contributed by atoms with van der Waals surface area (Å²) in [6, 6.07) is 6.10. The van der Waals surface area contributed by atoms with E-state index in [1.807, 2.05) is 6.07 Å². The largest absolute Gasteiger partial charge is 0.367 e. The Morgan fingerprint density at radius 3 is 2.84 bits per heavy atom. The van der Waals surface area contributed by atoms with Gasteiger partial charge in [0.2, 0.25) is 0 Å². The van der Waals surface area contributed by atoms with E-state index < -0.39 is 4.92 Å². The highest BCUT2D eigenvalue weighted by Crippen LogP contribution is 2.17. The topological polar surface area (TPSA) is 88.0 Å². The highest BCUT2D eigenvalue weighted by Gasteiger charge is 2.14. The van der Waals surface area contributed by atoms with Gasteiger partial charge in [-0.25, -0.2) is 0 Å². The fourth-order valence-electron chi connectivity index (χ4n) is 1.71. The summed E-state index contributed by atoms with van der Waals surface area (Å²) in [5.74, 6) is -0.317. The van der Waals surface area contributed by atoms with Crippen LogP contribution in [0.15, 0.2) is 36.7 Å². The van der Waals surface area contributed by atoms with Crippen molar-refractivity contribution in [3.05, 3.63) is 63.5 Å². The molecule has 0 spiro atoms. The van der Waals surface area contributed by atoms with Gasteiger partial charge in [-0.2, -0.15) is 0 Å². The molecule has 1 aromatic heterocycles. The maximum absolute atomic E-state index is 12.0. The van der Waals surface area contributed by atoms with Crippen LogP contribution in [0.2, 0.25) is 0 Å². The van der Waals surface area contributed by atoms with Gasteiger partial charge in [-0.05, 0) is 24.1 Å². The Morgan fingerprint density at radius 2 is 2.21 bits per heavy atom. The summed E-state index contributed by atoms with van der Waals surface area (Å²) in [5, 5.41) is 13.4. The molecule has 0 fully saturated rings.